The molecule has 1 heterocycles. The highest BCUT2D eigenvalue weighted by molar-refractivity contribution is 5.93. The lowest BCUT2D eigenvalue weighted by Gasteiger charge is -2.25. The number of nitrogens with one attached hydrogen (secondary N) is 4. The third-order valence-electron chi connectivity index (χ3n) is 4.57. The minimum Gasteiger partial charge on any atom is -0.480 e. The number of hydrogen-bond acceptors (Lipinski definition) is 7. The molecule has 0 aliphatic rings. The summed E-state index contributed by atoms with van der Waals surface area (Å²) in [5.74, 6) is -3.50. The maximum Gasteiger partial charge on any atom is 0.322 e. The summed E-state index contributed by atoms with van der Waals surface area (Å²) in [6.07, 6.45) is 3.72. The first kappa shape index (κ1) is 27.4. The summed E-state index contributed by atoms with van der Waals surface area (Å²) in [4.78, 5) is 59.2. The topological polar surface area (TPSA) is 244 Å². The molecule has 1 aromatic rings. The molecule has 0 bridgehead atoms. The number of imidazole rings is 1. The van der Waals surface area contributed by atoms with Gasteiger partial charge in [0.2, 0.25) is 17.7 Å². The van der Waals surface area contributed by atoms with Gasteiger partial charge in [-0.25, -0.2) is 4.98 Å². The Morgan fingerprint density at radius 1 is 1.15 bits per heavy atom. The fourth-order valence-corrected chi connectivity index (χ4v) is 2.84. The number of nitrogens with zero attached hydrogens (tertiary/aromatic N) is 2. The van der Waals surface area contributed by atoms with E-state index < -0.39 is 48.4 Å². The number of aliphatic carboxylic acids is 1. The Morgan fingerprint density at radius 2 is 1.85 bits per heavy atom. The fourth-order valence-electron chi connectivity index (χ4n) is 2.84. The van der Waals surface area contributed by atoms with E-state index in [0.717, 1.165) is 0 Å². The molecule has 1 aromatic heterocycles. The van der Waals surface area contributed by atoms with Crippen LogP contribution in [0.2, 0.25) is 0 Å². The largest absolute Gasteiger partial charge is 0.480 e. The highest BCUT2D eigenvalue weighted by Crippen LogP contribution is 2.06. The first-order valence-corrected chi connectivity index (χ1v) is 10.4. The SMILES string of the molecule is CC(C)C(NC(=O)C(CCCN=C(N)N)NC(=O)C(N)Cc1cnc[nH]1)C(=O)NCC(=O)O. The smallest absolute Gasteiger partial charge is 0.322 e. The van der Waals surface area contributed by atoms with Gasteiger partial charge in [0, 0.05) is 24.9 Å². The Labute approximate surface area is 191 Å². The minimum atomic E-state index is -1.21. The van der Waals surface area contributed by atoms with Crippen LogP contribution < -0.4 is 33.2 Å². The Hall–Kier alpha value is -3.68. The number of H-pyrrole nitrogens is 1. The molecule has 0 aromatic carbocycles. The molecule has 0 saturated heterocycles. The van der Waals surface area contributed by atoms with Gasteiger partial charge in [-0.05, 0) is 18.8 Å². The van der Waals surface area contributed by atoms with Gasteiger partial charge < -0.3 is 43.2 Å². The molecule has 3 unspecified atom stereocenters. The van der Waals surface area contributed by atoms with Crippen LogP contribution in [0.4, 0.5) is 0 Å². The predicted molar refractivity (Wildman–Crippen MR) is 120 cm³/mol. The number of hydrogen-bond donors (Lipinski definition) is 8. The van der Waals surface area contributed by atoms with Gasteiger partial charge in [0.25, 0.3) is 0 Å². The number of aromatic nitrogens is 2. The molecule has 1 rings (SSSR count). The summed E-state index contributed by atoms with van der Waals surface area (Å²) in [7, 11) is 0. The molecule has 0 radical (unpaired) electrons. The van der Waals surface area contributed by atoms with Crippen LogP contribution in [-0.2, 0) is 25.6 Å². The molecule has 0 fully saturated rings. The molecule has 0 saturated carbocycles. The van der Waals surface area contributed by atoms with Crippen molar-refractivity contribution in [2.75, 3.05) is 13.1 Å². The number of aromatic amines is 1. The number of amides is 3. The fraction of sp³-hybridized carbons (Fsp3) is 0.579. The summed E-state index contributed by atoms with van der Waals surface area (Å²) < 4.78 is 0. The van der Waals surface area contributed by atoms with Gasteiger partial charge in [-0.1, -0.05) is 13.8 Å². The van der Waals surface area contributed by atoms with E-state index in [2.05, 4.69) is 30.9 Å². The number of carboxylic acids is 1. The van der Waals surface area contributed by atoms with E-state index in [1.165, 1.54) is 12.5 Å². The van der Waals surface area contributed by atoms with E-state index in [0.29, 0.717) is 12.1 Å². The number of carbonyl (C=O) groups is 4. The second-order valence-corrected chi connectivity index (χ2v) is 7.74. The molecule has 14 nitrogen and oxygen atoms in total. The van der Waals surface area contributed by atoms with Gasteiger partial charge in [0.15, 0.2) is 5.96 Å². The zero-order valence-corrected chi connectivity index (χ0v) is 18.7. The van der Waals surface area contributed by atoms with Crippen molar-refractivity contribution in [2.24, 2.45) is 28.1 Å². The zero-order chi connectivity index (χ0) is 25.0. The molecule has 3 amide bonds. The number of carboxylic acid groups (broad SMARTS) is 1. The average Bonchev–Trinajstić information content (AvgIpc) is 3.24. The van der Waals surface area contributed by atoms with E-state index >= 15 is 0 Å². The van der Waals surface area contributed by atoms with Crippen LogP contribution in [0.1, 0.15) is 32.4 Å². The Morgan fingerprint density at radius 3 is 2.39 bits per heavy atom. The highest BCUT2D eigenvalue weighted by atomic mass is 16.4. The van der Waals surface area contributed by atoms with Crippen LogP contribution in [0.25, 0.3) is 0 Å². The lowest BCUT2D eigenvalue weighted by Crippen LogP contribution is -2.57. The Bertz CT molecular complexity index is 822. The van der Waals surface area contributed by atoms with Crippen molar-refractivity contribution >= 4 is 29.7 Å². The van der Waals surface area contributed by atoms with Crippen LogP contribution >= 0.6 is 0 Å². The van der Waals surface area contributed by atoms with Gasteiger partial charge in [0.1, 0.15) is 18.6 Å². The van der Waals surface area contributed by atoms with Gasteiger partial charge in [-0.3, -0.25) is 24.2 Å². The molecule has 184 valence electrons. The standard InChI is InChI=1S/C19H33N9O5/c1-10(2)15(18(33)25-8-14(29)30)28-17(32)13(4-3-5-24-19(21)22)27-16(31)12(20)6-11-7-23-9-26-11/h7,9-10,12-13,15H,3-6,8,20H2,1-2H3,(H,23,26)(H,25,33)(H,27,31)(H,28,32)(H,29,30)(H4,21,22,24). The second kappa shape index (κ2) is 13.7. The second-order valence-electron chi connectivity index (χ2n) is 7.74. The number of aliphatic imine (C=N–C) groups is 1. The molecule has 3 atom stereocenters. The van der Waals surface area contributed by atoms with Crippen LogP contribution in [0.3, 0.4) is 0 Å². The van der Waals surface area contributed by atoms with Crippen LogP contribution in [0, 0.1) is 5.92 Å². The van der Waals surface area contributed by atoms with Gasteiger partial charge in [0.05, 0.1) is 12.4 Å². The van der Waals surface area contributed by atoms with E-state index in [-0.39, 0.29) is 31.3 Å². The summed E-state index contributed by atoms with van der Waals surface area (Å²) in [5, 5.41) is 16.2. The molecule has 0 spiro atoms. The van der Waals surface area contributed by atoms with Crippen LogP contribution in [0.5, 0.6) is 0 Å². The number of nitrogens with two attached hydrogens (primary N) is 3. The zero-order valence-electron chi connectivity index (χ0n) is 18.7. The van der Waals surface area contributed by atoms with Crippen LogP contribution in [-0.4, -0.2) is 75.9 Å². The summed E-state index contributed by atoms with van der Waals surface area (Å²) in [6, 6.07) is -2.97. The third kappa shape index (κ3) is 10.5. The lowest BCUT2D eigenvalue weighted by molar-refractivity contribution is -0.139. The number of rotatable bonds is 14. The molecular weight excluding hydrogens is 434 g/mol. The van der Waals surface area contributed by atoms with Crippen molar-refractivity contribution in [1.82, 2.24) is 25.9 Å². The maximum absolute atomic E-state index is 12.9. The van der Waals surface area contributed by atoms with Crippen molar-refractivity contribution in [3.8, 4) is 0 Å². The minimum absolute atomic E-state index is 0.100. The van der Waals surface area contributed by atoms with Crippen molar-refractivity contribution in [3.05, 3.63) is 18.2 Å². The Kier molecular flexibility index (Phi) is 11.3. The molecule has 14 heteroatoms. The first-order valence-electron chi connectivity index (χ1n) is 10.4. The molecule has 11 N–H and O–H groups in total. The van der Waals surface area contributed by atoms with Crippen molar-refractivity contribution in [1.29, 1.82) is 0 Å². The molecule has 0 aliphatic heterocycles. The third-order valence-corrected chi connectivity index (χ3v) is 4.57. The van der Waals surface area contributed by atoms with E-state index in [4.69, 9.17) is 22.3 Å². The summed E-state index contributed by atoms with van der Waals surface area (Å²) in [6.45, 7) is 3.03. The highest BCUT2D eigenvalue weighted by Gasteiger charge is 2.29. The molecule has 0 aliphatic carbocycles. The lowest BCUT2D eigenvalue weighted by atomic mass is 10.0. The number of carbonyl (C=O) groups excluding carboxylic acids is 3. The normalized spacial score (nSPS) is 13.5. The van der Waals surface area contributed by atoms with E-state index in [9.17, 15) is 19.2 Å². The van der Waals surface area contributed by atoms with E-state index in [1.807, 2.05) is 0 Å². The van der Waals surface area contributed by atoms with Crippen molar-refractivity contribution in [2.45, 2.75) is 51.2 Å². The van der Waals surface area contributed by atoms with Gasteiger partial charge in [-0.2, -0.15) is 0 Å². The summed E-state index contributed by atoms with van der Waals surface area (Å²) >= 11 is 0. The first-order chi connectivity index (χ1) is 15.5. The molecule has 33 heavy (non-hydrogen) atoms. The quantitative estimate of drug-likeness (QED) is 0.0796. The van der Waals surface area contributed by atoms with Crippen molar-refractivity contribution < 1.29 is 24.3 Å². The Balaban J connectivity index is 2.87. The van der Waals surface area contributed by atoms with Gasteiger partial charge in [-0.15, -0.1) is 0 Å². The monoisotopic (exact) mass is 467 g/mol. The van der Waals surface area contributed by atoms with Gasteiger partial charge >= 0.3 is 5.97 Å². The average molecular weight is 468 g/mol. The predicted octanol–water partition coefficient (Wildman–Crippen LogP) is -2.84. The molecular formula is C19H33N9O5. The van der Waals surface area contributed by atoms with Crippen molar-refractivity contribution in [3.63, 3.8) is 0 Å². The van der Waals surface area contributed by atoms with Crippen LogP contribution in [0.15, 0.2) is 17.5 Å². The maximum atomic E-state index is 12.9. The number of guanidine groups is 1. The summed E-state index contributed by atoms with van der Waals surface area (Å²) in [5.41, 5.74) is 17.2. The van der Waals surface area contributed by atoms with E-state index in [1.54, 1.807) is 13.8 Å².